The predicted octanol–water partition coefficient (Wildman–Crippen LogP) is 3.73. The van der Waals surface area contributed by atoms with Crippen LogP contribution in [0.4, 0.5) is 0 Å². The summed E-state index contributed by atoms with van der Waals surface area (Å²) in [7, 11) is 0. The average molecular weight is 416 g/mol. The predicted molar refractivity (Wildman–Crippen MR) is 87.0 cm³/mol. The minimum atomic E-state index is -0.545. The van der Waals surface area contributed by atoms with E-state index >= 15 is 0 Å². The van der Waals surface area contributed by atoms with Gasteiger partial charge >= 0.3 is 0 Å². The Labute approximate surface area is 136 Å². The van der Waals surface area contributed by atoms with Crippen molar-refractivity contribution in [3.8, 4) is 0 Å². The SMILES string of the molecule is CC(C)CC(O)CNC(=O)c1cc(Cl)cc(Cl)c1I. The van der Waals surface area contributed by atoms with Gasteiger partial charge in [0.1, 0.15) is 0 Å². The molecule has 0 saturated heterocycles. The van der Waals surface area contributed by atoms with Crippen molar-refractivity contribution in [2.45, 2.75) is 26.4 Å². The van der Waals surface area contributed by atoms with Gasteiger partial charge in [-0.2, -0.15) is 0 Å². The largest absolute Gasteiger partial charge is 0.391 e. The Hall–Kier alpha value is -0.0400. The van der Waals surface area contributed by atoms with Gasteiger partial charge in [-0.3, -0.25) is 4.79 Å². The molecule has 1 aromatic rings. The first-order chi connectivity index (χ1) is 8.81. The first-order valence-corrected chi connectivity index (χ1v) is 7.75. The maximum atomic E-state index is 12.0. The Morgan fingerprint density at radius 2 is 2.05 bits per heavy atom. The lowest BCUT2D eigenvalue weighted by molar-refractivity contribution is 0.0899. The van der Waals surface area contributed by atoms with Crippen molar-refractivity contribution in [1.29, 1.82) is 0 Å². The molecule has 0 aliphatic heterocycles. The Morgan fingerprint density at radius 1 is 1.42 bits per heavy atom. The molecule has 0 radical (unpaired) electrons. The molecule has 19 heavy (non-hydrogen) atoms. The van der Waals surface area contributed by atoms with Gasteiger partial charge in [0.2, 0.25) is 0 Å². The first-order valence-electron chi connectivity index (χ1n) is 5.92. The average Bonchev–Trinajstić information content (AvgIpc) is 2.29. The van der Waals surface area contributed by atoms with Crippen LogP contribution in [0.15, 0.2) is 12.1 Å². The van der Waals surface area contributed by atoms with E-state index in [1.54, 1.807) is 12.1 Å². The van der Waals surface area contributed by atoms with E-state index in [0.29, 0.717) is 31.5 Å². The smallest absolute Gasteiger partial charge is 0.252 e. The summed E-state index contributed by atoms with van der Waals surface area (Å²) in [5, 5.41) is 13.3. The molecule has 0 aliphatic carbocycles. The van der Waals surface area contributed by atoms with E-state index in [9.17, 15) is 9.90 Å². The Kier molecular flexibility index (Phi) is 6.86. The fourth-order valence-corrected chi connectivity index (χ4v) is 2.70. The number of carbonyl (C=O) groups excluding carboxylic acids is 1. The van der Waals surface area contributed by atoms with Crippen LogP contribution < -0.4 is 5.32 Å². The highest BCUT2D eigenvalue weighted by atomic mass is 127. The molecule has 3 nitrogen and oxygen atoms in total. The van der Waals surface area contributed by atoms with E-state index in [2.05, 4.69) is 5.32 Å². The lowest BCUT2D eigenvalue weighted by Crippen LogP contribution is -2.33. The summed E-state index contributed by atoms with van der Waals surface area (Å²) >= 11 is 13.9. The minimum absolute atomic E-state index is 0.219. The zero-order valence-corrected chi connectivity index (χ0v) is 14.4. The van der Waals surface area contributed by atoms with Crippen molar-refractivity contribution in [2.75, 3.05) is 6.54 Å². The molecular formula is C13H16Cl2INO2. The standard InChI is InChI=1S/C13H16Cl2INO2/c1-7(2)3-9(18)6-17-13(19)10-4-8(14)5-11(15)12(10)16/h4-5,7,9,18H,3,6H2,1-2H3,(H,17,19). The molecule has 1 atom stereocenters. The molecule has 1 aromatic carbocycles. The van der Waals surface area contributed by atoms with Gasteiger partial charge in [0.15, 0.2) is 0 Å². The van der Waals surface area contributed by atoms with Crippen LogP contribution in [0.5, 0.6) is 0 Å². The summed E-state index contributed by atoms with van der Waals surface area (Å²) in [6.07, 6.45) is 0.101. The normalized spacial score (nSPS) is 12.6. The summed E-state index contributed by atoms with van der Waals surface area (Å²) in [5.74, 6) is 0.101. The van der Waals surface area contributed by atoms with Gasteiger partial charge in [-0.25, -0.2) is 0 Å². The molecule has 0 aliphatic rings. The van der Waals surface area contributed by atoms with Gasteiger partial charge in [0.05, 0.1) is 16.7 Å². The molecule has 0 spiro atoms. The lowest BCUT2D eigenvalue weighted by Gasteiger charge is -2.14. The van der Waals surface area contributed by atoms with Crippen LogP contribution in [0.1, 0.15) is 30.6 Å². The molecule has 1 rings (SSSR count). The molecule has 0 fully saturated rings. The van der Waals surface area contributed by atoms with Crippen LogP contribution in [0.25, 0.3) is 0 Å². The topological polar surface area (TPSA) is 49.3 Å². The highest BCUT2D eigenvalue weighted by molar-refractivity contribution is 14.1. The number of benzene rings is 1. The summed E-state index contributed by atoms with van der Waals surface area (Å²) in [6.45, 7) is 4.26. The molecule has 0 heterocycles. The van der Waals surface area contributed by atoms with E-state index in [1.807, 2.05) is 36.4 Å². The van der Waals surface area contributed by atoms with Crippen LogP contribution >= 0.6 is 45.8 Å². The van der Waals surface area contributed by atoms with Gasteiger partial charge in [-0.05, 0) is 47.1 Å². The van der Waals surface area contributed by atoms with Crippen LogP contribution in [-0.4, -0.2) is 23.7 Å². The molecule has 0 aromatic heterocycles. The van der Waals surface area contributed by atoms with Gasteiger partial charge in [0, 0.05) is 15.1 Å². The zero-order chi connectivity index (χ0) is 14.6. The van der Waals surface area contributed by atoms with Crippen molar-refractivity contribution in [2.24, 2.45) is 5.92 Å². The number of aliphatic hydroxyl groups excluding tert-OH is 1. The quantitative estimate of drug-likeness (QED) is 0.568. The van der Waals surface area contributed by atoms with Gasteiger partial charge in [0.25, 0.3) is 5.91 Å². The van der Waals surface area contributed by atoms with Crippen molar-refractivity contribution < 1.29 is 9.90 Å². The van der Waals surface area contributed by atoms with Crippen LogP contribution in [-0.2, 0) is 0 Å². The van der Waals surface area contributed by atoms with Crippen LogP contribution in [0.2, 0.25) is 10.0 Å². The lowest BCUT2D eigenvalue weighted by atomic mass is 10.1. The molecule has 0 saturated carbocycles. The molecule has 1 amide bonds. The third kappa shape index (κ3) is 5.45. The van der Waals surface area contributed by atoms with Crippen molar-refractivity contribution in [3.05, 3.63) is 31.3 Å². The Bertz CT molecular complexity index is 466. The Morgan fingerprint density at radius 3 is 2.63 bits per heavy atom. The van der Waals surface area contributed by atoms with E-state index in [-0.39, 0.29) is 12.5 Å². The first kappa shape index (κ1) is 17.0. The number of halogens is 3. The second-order valence-corrected chi connectivity index (χ2v) is 6.66. The number of carbonyl (C=O) groups is 1. The number of aliphatic hydroxyl groups is 1. The fourth-order valence-electron chi connectivity index (χ4n) is 1.65. The summed E-state index contributed by atoms with van der Waals surface area (Å²) < 4.78 is 0.652. The van der Waals surface area contributed by atoms with E-state index in [1.165, 1.54) is 0 Å². The summed E-state index contributed by atoms with van der Waals surface area (Å²) in [6, 6.07) is 3.16. The van der Waals surface area contributed by atoms with Crippen molar-refractivity contribution in [1.82, 2.24) is 5.32 Å². The third-order valence-corrected chi connectivity index (χ3v) is 4.48. The van der Waals surface area contributed by atoms with Crippen LogP contribution in [0, 0.1) is 9.49 Å². The molecule has 2 N–H and O–H groups in total. The molecular weight excluding hydrogens is 400 g/mol. The zero-order valence-electron chi connectivity index (χ0n) is 10.7. The summed E-state index contributed by atoms with van der Waals surface area (Å²) in [5.41, 5.74) is 0.426. The minimum Gasteiger partial charge on any atom is -0.391 e. The Balaban J connectivity index is 2.69. The maximum absolute atomic E-state index is 12.0. The number of nitrogens with one attached hydrogen (secondary N) is 1. The van der Waals surface area contributed by atoms with E-state index in [4.69, 9.17) is 23.2 Å². The van der Waals surface area contributed by atoms with E-state index in [0.717, 1.165) is 0 Å². The molecule has 0 bridgehead atoms. The highest BCUT2D eigenvalue weighted by Crippen LogP contribution is 2.26. The van der Waals surface area contributed by atoms with Crippen molar-refractivity contribution >= 4 is 51.7 Å². The van der Waals surface area contributed by atoms with Crippen molar-refractivity contribution in [3.63, 3.8) is 0 Å². The summed E-state index contributed by atoms with van der Waals surface area (Å²) in [4.78, 5) is 12.0. The van der Waals surface area contributed by atoms with Gasteiger partial charge in [-0.15, -0.1) is 0 Å². The number of hydrogen-bond donors (Lipinski definition) is 2. The van der Waals surface area contributed by atoms with Gasteiger partial charge < -0.3 is 10.4 Å². The maximum Gasteiger partial charge on any atom is 0.252 e. The fraction of sp³-hybridized carbons (Fsp3) is 0.462. The monoisotopic (exact) mass is 415 g/mol. The van der Waals surface area contributed by atoms with E-state index < -0.39 is 6.10 Å². The third-order valence-electron chi connectivity index (χ3n) is 2.48. The molecule has 1 unspecified atom stereocenters. The molecule has 106 valence electrons. The highest BCUT2D eigenvalue weighted by Gasteiger charge is 2.15. The van der Waals surface area contributed by atoms with Crippen LogP contribution in [0.3, 0.4) is 0 Å². The molecule has 6 heteroatoms. The number of rotatable bonds is 5. The second kappa shape index (κ2) is 7.67. The van der Waals surface area contributed by atoms with Gasteiger partial charge in [-0.1, -0.05) is 37.0 Å². The second-order valence-electron chi connectivity index (χ2n) is 4.74. The number of amides is 1. The number of hydrogen-bond acceptors (Lipinski definition) is 2.